The molecule has 1 aromatic heterocycles. The summed E-state index contributed by atoms with van der Waals surface area (Å²) >= 11 is 2.87. The fourth-order valence-corrected chi connectivity index (χ4v) is 3.83. The predicted molar refractivity (Wildman–Crippen MR) is 114 cm³/mol. The van der Waals surface area contributed by atoms with Gasteiger partial charge in [-0.25, -0.2) is 9.37 Å². The van der Waals surface area contributed by atoms with Crippen molar-refractivity contribution < 1.29 is 4.39 Å². The average Bonchev–Trinajstić information content (AvgIpc) is 2.69. The maximum absolute atomic E-state index is 13.3. The van der Waals surface area contributed by atoms with Crippen molar-refractivity contribution in [2.24, 2.45) is 5.73 Å². The lowest BCUT2D eigenvalue weighted by Crippen LogP contribution is -2.33. The Kier molecular flexibility index (Phi) is 6.21. The van der Waals surface area contributed by atoms with E-state index in [0.717, 1.165) is 10.5 Å². The molecule has 3 rings (SSSR count). The van der Waals surface area contributed by atoms with Crippen LogP contribution in [-0.2, 0) is 6.42 Å². The lowest BCUT2D eigenvalue weighted by atomic mass is 10.1. The molecule has 3 aromatic rings. The van der Waals surface area contributed by atoms with Crippen LogP contribution in [0.1, 0.15) is 17.0 Å². The molecule has 0 aliphatic carbocycles. The van der Waals surface area contributed by atoms with Crippen molar-refractivity contribution in [3.8, 4) is 5.69 Å². The Labute approximate surface area is 170 Å². The van der Waals surface area contributed by atoms with Gasteiger partial charge in [-0.3, -0.25) is 14.8 Å². The minimum Gasteiger partial charge on any atom is -0.383 e. The van der Waals surface area contributed by atoms with Crippen LogP contribution < -0.4 is 11.3 Å². The second-order valence-corrected chi connectivity index (χ2v) is 7.64. The Morgan fingerprint density at radius 2 is 1.75 bits per heavy atom. The number of nitrogens with zero attached hydrogens (tertiary/aromatic N) is 2. The zero-order chi connectivity index (χ0) is 20.3. The summed E-state index contributed by atoms with van der Waals surface area (Å²) in [5, 5.41) is 8.23. The molecule has 0 bridgehead atoms. The van der Waals surface area contributed by atoms with Crippen molar-refractivity contribution in [1.82, 2.24) is 9.55 Å². The predicted octanol–water partition coefficient (Wildman–Crippen LogP) is 3.69. The third-order valence-electron chi connectivity index (χ3n) is 4.19. The molecule has 0 atom stereocenters. The molecule has 0 radical (unpaired) electrons. The van der Waals surface area contributed by atoms with Crippen molar-refractivity contribution >= 4 is 29.4 Å². The summed E-state index contributed by atoms with van der Waals surface area (Å²) in [6, 6.07) is 13.6. The molecule has 2 aromatic carbocycles. The van der Waals surface area contributed by atoms with Crippen LogP contribution in [0.15, 0.2) is 63.2 Å². The van der Waals surface area contributed by atoms with E-state index in [1.165, 1.54) is 28.5 Å². The van der Waals surface area contributed by atoms with Crippen LogP contribution in [0, 0.1) is 11.2 Å². The third kappa shape index (κ3) is 4.13. The normalized spacial score (nSPS) is 10.8. The highest BCUT2D eigenvalue weighted by Crippen LogP contribution is 2.21. The van der Waals surface area contributed by atoms with Crippen LogP contribution >= 0.6 is 23.5 Å². The minimum atomic E-state index is -0.388. The zero-order valence-electron chi connectivity index (χ0n) is 15.4. The first-order chi connectivity index (χ1) is 13.4. The number of hydrogen-bond donors (Lipinski definition) is 2. The van der Waals surface area contributed by atoms with Gasteiger partial charge in [-0.1, -0.05) is 12.1 Å². The highest BCUT2D eigenvalue weighted by atomic mass is 32.2. The van der Waals surface area contributed by atoms with Crippen molar-refractivity contribution in [2.75, 3.05) is 12.5 Å². The van der Waals surface area contributed by atoms with Gasteiger partial charge in [0.15, 0.2) is 0 Å². The number of hydrogen-bond acceptors (Lipinski definition) is 5. The van der Waals surface area contributed by atoms with E-state index >= 15 is 0 Å². The van der Waals surface area contributed by atoms with Crippen molar-refractivity contribution in [1.29, 1.82) is 5.41 Å². The van der Waals surface area contributed by atoms with Gasteiger partial charge in [0.05, 0.1) is 5.69 Å². The Morgan fingerprint density at radius 3 is 2.29 bits per heavy atom. The van der Waals surface area contributed by atoms with Gasteiger partial charge < -0.3 is 5.73 Å². The molecule has 0 amide bonds. The van der Waals surface area contributed by atoms with E-state index in [1.807, 2.05) is 30.5 Å². The summed E-state index contributed by atoms with van der Waals surface area (Å²) in [7, 11) is 0. The number of halogens is 1. The van der Waals surface area contributed by atoms with Gasteiger partial charge >= 0.3 is 0 Å². The van der Waals surface area contributed by atoms with E-state index in [-0.39, 0.29) is 22.8 Å². The number of rotatable bonds is 6. The first kappa shape index (κ1) is 20.2. The molecular weight excluding hydrogens is 395 g/mol. The fourth-order valence-electron chi connectivity index (χ4n) is 2.82. The number of nitrogens with one attached hydrogen (secondary N) is 1. The van der Waals surface area contributed by atoms with E-state index in [9.17, 15) is 9.18 Å². The standard InChI is InChI=1S/C20H19FN4OS2/c1-27-15-9-7-14(8-10-15)25-16(11-12-3-5-13(21)6-4-12)24-19(28-2)17(18(22)23)20(25)26/h3-10H,11H2,1-2H3,(H3,22,23). The molecule has 8 heteroatoms. The molecule has 0 fully saturated rings. The molecular formula is C20H19FN4OS2. The smallest absolute Gasteiger partial charge is 0.270 e. The monoisotopic (exact) mass is 414 g/mol. The molecule has 5 nitrogen and oxygen atoms in total. The molecule has 0 aliphatic heterocycles. The van der Waals surface area contributed by atoms with Crippen molar-refractivity contribution in [2.45, 2.75) is 16.3 Å². The lowest BCUT2D eigenvalue weighted by Gasteiger charge is -2.16. The molecule has 1 heterocycles. The second-order valence-electron chi connectivity index (χ2n) is 5.97. The Balaban J connectivity index is 2.22. The number of aromatic nitrogens is 2. The summed E-state index contributed by atoms with van der Waals surface area (Å²) in [6.07, 6.45) is 4.10. The first-order valence-corrected chi connectivity index (χ1v) is 10.8. The molecule has 0 unspecified atom stereocenters. The van der Waals surface area contributed by atoms with Gasteiger partial charge in [-0.05, 0) is 54.5 Å². The largest absolute Gasteiger partial charge is 0.383 e. The van der Waals surface area contributed by atoms with Crippen molar-refractivity contribution in [3.05, 3.63) is 81.7 Å². The number of benzene rings is 2. The first-order valence-electron chi connectivity index (χ1n) is 8.37. The topological polar surface area (TPSA) is 84.8 Å². The highest BCUT2D eigenvalue weighted by Gasteiger charge is 2.19. The van der Waals surface area contributed by atoms with E-state index in [0.29, 0.717) is 23.0 Å². The highest BCUT2D eigenvalue weighted by molar-refractivity contribution is 7.98. The summed E-state index contributed by atoms with van der Waals surface area (Å²) in [5.41, 5.74) is 6.84. The SMILES string of the molecule is CSc1ccc(-n2c(Cc3ccc(F)cc3)nc(SC)c(C(=N)N)c2=O)cc1. The molecule has 0 aliphatic rings. The minimum absolute atomic E-state index is 0.0873. The van der Waals surface area contributed by atoms with Gasteiger partial charge in [0.1, 0.15) is 28.1 Å². The molecule has 0 saturated carbocycles. The summed E-state index contributed by atoms with van der Waals surface area (Å²) in [6.45, 7) is 0. The van der Waals surface area contributed by atoms with E-state index in [1.54, 1.807) is 30.2 Å². The van der Waals surface area contributed by atoms with Gasteiger partial charge in [0.2, 0.25) is 0 Å². The number of nitrogens with two attached hydrogens (primary N) is 1. The van der Waals surface area contributed by atoms with Gasteiger partial charge in [-0.15, -0.1) is 23.5 Å². The van der Waals surface area contributed by atoms with Gasteiger partial charge in [0.25, 0.3) is 5.56 Å². The Morgan fingerprint density at radius 1 is 1.11 bits per heavy atom. The fraction of sp³-hybridized carbons (Fsp3) is 0.150. The molecule has 28 heavy (non-hydrogen) atoms. The van der Waals surface area contributed by atoms with Crippen LogP contribution in [0.3, 0.4) is 0 Å². The van der Waals surface area contributed by atoms with Crippen LogP contribution in [0.2, 0.25) is 0 Å². The number of amidine groups is 1. The van der Waals surface area contributed by atoms with E-state index in [2.05, 4.69) is 4.98 Å². The van der Waals surface area contributed by atoms with Gasteiger partial charge in [0, 0.05) is 11.3 Å². The lowest BCUT2D eigenvalue weighted by molar-refractivity contribution is 0.627. The van der Waals surface area contributed by atoms with Gasteiger partial charge in [-0.2, -0.15) is 0 Å². The van der Waals surface area contributed by atoms with Crippen molar-refractivity contribution in [3.63, 3.8) is 0 Å². The van der Waals surface area contributed by atoms with Crippen LogP contribution in [0.4, 0.5) is 4.39 Å². The molecule has 144 valence electrons. The number of thioether (sulfide) groups is 2. The maximum Gasteiger partial charge on any atom is 0.270 e. The molecule has 3 N–H and O–H groups in total. The number of nitrogen functional groups attached to an aromatic ring is 1. The third-order valence-corrected chi connectivity index (χ3v) is 5.61. The second kappa shape index (κ2) is 8.62. The summed E-state index contributed by atoms with van der Waals surface area (Å²) in [4.78, 5) is 18.9. The molecule has 0 spiro atoms. The van der Waals surface area contributed by atoms with E-state index < -0.39 is 0 Å². The maximum atomic E-state index is 13.3. The summed E-state index contributed by atoms with van der Waals surface area (Å²) < 4.78 is 14.7. The zero-order valence-corrected chi connectivity index (χ0v) is 17.0. The van der Waals surface area contributed by atoms with Crippen LogP contribution in [0.25, 0.3) is 5.69 Å². The summed E-state index contributed by atoms with van der Waals surface area (Å²) in [5.74, 6) is -0.133. The quantitative estimate of drug-likeness (QED) is 0.278. The van der Waals surface area contributed by atoms with Crippen LogP contribution in [0.5, 0.6) is 0 Å². The van der Waals surface area contributed by atoms with Crippen LogP contribution in [-0.4, -0.2) is 27.9 Å². The Hall–Kier alpha value is -2.58. The Bertz CT molecular complexity index is 1060. The molecule has 0 saturated heterocycles. The average molecular weight is 415 g/mol. The van der Waals surface area contributed by atoms with E-state index in [4.69, 9.17) is 11.1 Å².